The van der Waals surface area contributed by atoms with Gasteiger partial charge in [0.15, 0.2) is 0 Å². The summed E-state index contributed by atoms with van der Waals surface area (Å²) in [7, 11) is -2.63. The molecule has 0 bridgehead atoms. The number of halogens is 1. The molecule has 0 aliphatic heterocycles. The van der Waals surface area contributed by atoms with E-state index < -0.39 is 28.5 Å². The van der Waals surface area contributed by atoms with Gasteiger partial charge in [-0.15, -0.1) is 0 Å². The highest BCUT2D eigenvalue weighted by Crippen LogP contribution is 2.27. The molecule has 0 aromatic heterocycles. The van der Waals surface area contributed by atoms with E-state index in [2.05, 4.69) is 5.32 Å². The summed E-state index contributed by atoms with van der Waals surface area (Å²) < 4.78 is 34.0. The summed E-state index contributed by atoms with van der Waals surface area (Å²) in [5.74, 6) is -0.0867. The van der Waals surface area contributed by atoms with E-state index in [0.29, 0.717) is 29.3 Å². The quantitative estimate of drug-likeness (QED) is 0.300. The number of benzene rings is 3. The van der Waals surface area contributed by atoms with Gasteiger partial charge in [-0.1, -0.05) is 68.8 Å². The van der Waals surface area contributed by atoms with E-state index in [1.54, 1.807) is 66.7 Å². The van der Waals surface area contributed by atoms with Gasteiger partial charge in [0, 0.05) is 18.1 Å². The van der Waals surface area contributed by atoms with Crippen LogP contribution in [0.3, 0.4) is 0 Å². The number of hydrogen-bond acceptors (Lipinski definition) is 5. The summed E-state index contributed by atoms with van der Waals surface area (Å²) in [5.41, 5.74) is 0.933. The van der Waals surface area contributed by atoms with Gasteiger partial charge in [0.1, 0.15) is 18.3 Å². The van der Waals surface area contributed by atoms with E-state index in [-0.39, 0.29) is 29.0 Å². The van der Waals surface area contributed by atoms with Gasteiger partial charge in [-0.2, -0.15) is 0 Å². The van der Waals surface area contributed by atoms with Gasteiger partial charge in [0.2, 0.25) is 11.8 Å². The second kappa shape index (κ2) is 14.2. The van der Waals surface area contributed by atoms with E-state index >= 15 is 0 Å². The molecule has 1 atom stereocenters. The number of carbonyl (C=O) groups excluding carboxylic acids is 2. The number of carbonyl (C=O) groups is 2. The molecule has 0 radical (unpaired) electrons. The molecular weight excluding hydrogens is 550 g/mol. The Balaban J connectivity index is 2.05. The van der Waals surface area contributed by atoms with Gasteiger partial charge >= 0.3 is 0 Å². The topological polar surface area (TPSA) is 96.0 Å². The van der Waals surface area contributed by atoms with Crippen molar-refractivity contribution < 1.29 is 22.7 Å². The molecule has 0 heterocycles. The Labute approximate surface area is 241 Å². The Kier molecular flexibility index (Phi) is 11.0. The van der Waals surface area contributed by atoms with Crippen LogP contribution in [0.2, 0.25) is 5.02 Å². The lowest BCUT2D eigenvalue weighted by Crippen LogP contribution is -2.52. The first-order chi connectivity index (χ1) is 19.1. The first-order valence-corrected chi connectivity index (χ1v) is 14.9. The van der Waals surface area contributed by atoms with Gasteiger partial charge in [-0.25, -0.2) is 8.42 Å². The van der Waals surface area contributed by atoms with Crippen LogP contribution in [0.25, 0.3) is 0 Å². The second-order valence-corrected chi connectivity index (χ2v) is 12.0. The van der Waals surface area contributed by atoms with Crippen molar-refractivity contribution in [1.29, 1.82) is 0 Å². The van der Waals surface area contributed by atoms with Crippen LogP contribution in [0.5, 0.6) is 5.75 Å². The monoisotopic (exact) mass is 585 g/mol. The number of nitrogens with one attached hydrogen (secondary N) is 1. The summed E-state index contributed by atoms with van der Waals surface area (Å²) >= 11 is 6.43. The maximum atomic E-state index is 14.1. The first-order valence-electron chi connectivity index (χ1n) is 13.1. The van der Waals surface area contributed by atoms with E-state index in [1.807, 2.05) is 20.8 Å². The predicted octanol–water partition coefficient (Wildman–Crippen LogP) is 5.12. The van der Waals surface area contributed by atoms with Crippen LogP contribution in [0.4, 0.5) is 5.69 Å². The molecular formula is C30H36ClN3O5S. The number of sulfonamides is 1. The van der Waals surface area contributed by atoms with E-state index in [0.717, 1.165) is 4.31 Å². The van der Waals surface area contributed by atoms with Gasteiger partial charge in [0.25, 0.3) is 10.0 Å². The Morgan fingerprint density at radius 1 is 0.950 bits per heavy atom. The minimum atomic E-state index is -4.14. The third kappa shape index (κ3) is 7.76. The average Bonchev–Trinajstić information content (AvgIpc) is 2.96. The molecule has 0 unspecified atom stereocenters. The molecule has 40 heavy (non-hydrogen) atoms. The zero-order chi connectivity index (χ0) is 29.3. The van der Waals surface area contributed by atoms with Crippen molar-refractivity contribution >= 4 is 39.1 Å². The highest BCUT2D eigenvalue weighted by Gasteiger charge is 2.34. The predicted molar refractivity (Wildman–Crippen MR) is 158 cm³/mol. The molecule has 3 rings (SSSR count). The number of anilines is 1. The number of ether oxygens (including phenoxy) is 1. The summed E-state index contributed by atoms with van der Waals surface area (Å²) in [6, 6.07) is 20.6. The minimum absolute atomic E-state index is 0.0357. The molecule has 3 aromatic carbocycles. The normalized spacial score (nSPS) is 12.1. The number of rotatable bonds is 13. The van der Waals surface area contributed by atoms with Crippen molar-refractivity contribution in [3.8, 4) is 5.75 Å². The van der Waals surface area contributed by atoms with Crippen LogP contribution >= 0.6 is 11.6 Å². The van der Waals surface area contributed by atoms with E-state index in [4.69, 9.17) is 16.3 Å². The molecule has 214 valence electrons. The largest absolute Gasteiger partial charge is 0.497 e. The maximum Gasteiger partial charge on any atom is 0.264 e. The third-order valence-electron chi connectivity index (χ3n) is 6.34. The van der Waals surface area contributed by atoms with Crippen molar-refractivity contribution in [3.05, 3.63) is 89.4 Å². The molecule has 0 aliphatic carbocycles. The molecule has 0 spiro atoms. The number of amides is 2. The highest BCUT2D eigenvalue weighted by atomic mass is 35.5. The lowest BCUT2D eigenvalue weighted by Gasteiger charge is -2.33. The van der Waals surface area contributed by atoms with Crippen LogP contribution in [0.1, 0.15) is 32.8 Å². The van der Waals surface area contributed by atoms with E-state index in [1.165, 1.54) is 24.1 Å². The fraction of sp³-hybridized carbons (Fsp3) is 0.333. The van der Waals surface area contributed by atoms with Crippen molar-refractivity contribution in [3.63, 3.8) is 0 Å². The van der Waals surface area contributed by atoms with Crippen molar-refractivity contribution in [2.24, 2.45) is 5.92 Å². The number of hydrogen-bond donors (Lipinski definition) is 1. The lowest BCUT2D eigenvalue weighted by atomic mass is 10.1. The van der Waals surface area contributed by atoms with Crippen LogP contribution in [0.15, 0.2) is 83.8 Å². The van der Waals surface area contributed by atoms with Crippen molar-refractivity contribution in [2.45, 2.75) is 44.7 Å². The smallest absolute Gasteiger partial charge is 0.264 e. The fourth-order valence-corrected chi connectivity index (χ4v) is 5.78. The highest BCUT2D eigenvalue weighted by molar-refractivity contribution is 7.92. The summed E-state index contributed by atoms with van der Waals surface area (Å²) in [6.45, 7) is 5.73. The molecule has 10 heteroatoms. The molecule has 0 fully saturated rings. The second-order valence-electron chi connectivity index (χ2n) is 9.70. The van der Waals surface area contributed by atoms with Gasteiger partial charge in [-0.3, -0.25) is 13.9 Å². The fourth-order valence-electron chi connectivity index (χ4n) is 4.15. The van der Waals surface area contributed by atoms with Gasteiger partial charge in [-0.05, 0) is 60.4 Å². The first kappa shape index (κ1) is 31.0. The molecule has 8 nitrogen and oxygen atoms in total. The zero-order valence-electron chi connectivity index (χ0n) is 23.2. The van der Waals surface area contributed by atoms with Crippen molar-refractivity contribution in [2.75, 3.05) is 24.5 Å². The van der Waals surface area contributed by atoms with Crippen molar-refractivity contribution in [1.82, 2.24) is 10.2 Å². The van der Waals surface area contributed by atoms with Crippen LogP contribution < -0.4 is 14.4 Å². The third-order valence-corrected chi connectivity index (χ3v) is 8.50. The summed E-state index contributed by atoms with van der Waals surface area (Å²) in [5, 5.41) is 3.36. The van der Waals surface area contributed by atoms with Crippen LogP contribution in [-0.4, -0.2) is 51.4 Å². The van der Waals surface area contributed by atoms with Crippen LogP contribution in [-0.2, 0) is 26.2 Å². The number of methoxy groups -OCH3 is 1. The van der Waals surface area contributed by atoms with Crippen LogP contribution in [0, 0.1) is 5.92 Å². The number of nitrogens with zero attached hydrogens (tertiary/aromatic N) is 2. The molecule has 2 amide bonds. The summed E-state index contributed by atoms with van der Waals surface area (Å²) in [4.78, 5) is 28.8. The minimum Gasteiger partial charge on any atom is -0.497 e. The van der Waals surface area contributed by atoms with Gasteiger partial charge in [0.05, 0.1) is 17.7 Å². The SMILES string of the molecule is CC[C@@H](C(=O)NCC(C)C)N(Cc1ccccc1Cl)C(=O)CN(c1ccc(OC)cc1)S(=O)(=O)c1ccccc1. The summed E-state index contributed by atoms with van der Waals surface area (Å²) in [6.07, 6.45) is 0.327. The maximum absolute atomic E-state index is 14.1. The average molecular weight is 586 g/mol. The Morgan fingerprint density at radius 3 is 2.15 bits per heavy atom. The molecule has 3 aromatic rings. The molecule has 0 saturated carbocycles. The Hall–Kier alpha value is -3.56. The molecule has 1 N–H and O–H groups in total. The van der Waals surface area contributed by atoms with E-state index in [9.17, 15) is 18.0 Å². The zero-order valence-corrected chi connectivity index (χ0v) is 24.8. The molecule has 0 saturated heterocycles. The standard InChI is InChI=1S/C30H36ClN3O5S/c1-5-28(30(36)32-19-22(2)3)33(20-23-11-9-10-14-27(23)31)29(35)21-34(24-15-17-25(39-4)18-16-24)40(37,38)26-12-7-6-8-13-26/h6-18,22,28H,5,19-21H2,1-4H3,(H,32,36)/t28-/m0/s1. The Morgan fingerprint density at radius 2 is 1.57 bits per heavy atom. The van der Waals surface area contributed by atoms with Gasteiger partial charge < -0.3 is 15.0 Å². The molecule has 0 aliphatic rings. The Bertz CT molecular complexity index is 1380. The lowest BCUT2D eigenvalue weighted by molar-refractivity contribution is -0.140.